The maximum absolute atomic E-state index is 11.9. The number of carboxylic acids is 1. The lowest BCUT2D eigenvalue weighted by molar-refractivity contribution is -0.138. The number of unbranched alkanes of at least 4 members (excludes halogenated alkanes) is 2. The van der Waals surface area contributed by atoms with E-state index in [2.05, 4.69) is 4.72 Å². The van der Waals surface area contributed by atoms with Gasteiger partial charge in [0.15, 0.2) is 0 Å². The van der Waals surface area contributed by atoms with Gasteiger partial charge in [-0.25, -0.2) is 8.42 Å². The molecule has 22 heavy (non-hydrogen) atoms. The van der Waals surface area contributed by atoms with E-state index in [0.29, 0.717) is 18.0 Å². The fourth-order valence-electron chi connectivity index (χ4n) is 1.84. The van der Waals surface area contributed by atoms with Crippen molar-refractivity contribution in [1.29, 1.82) is 0 Å². The number of hydrogen-bond acceptors (Lipinski definition) is 4. The second-order valence-electron chi connectivity index (χ2n) is 5.02. The molecule has 4 N–H and O–H groups in total. The predicted octanol–water partition coefficient (Wildman–Crippen LogP) is 1.79. The van der Waals surface area contributed by atoms with Gasteiger partial charge < -0.3 is 10.8 Å². The van der Waals surface area contributed by atoms with Crippen LogP contribution in [0.25, 0.3) is 0 Å². The second-order valence-corrected chi connectivity index (χ2v) is 7.24. The van der Waals surface area contributed by atoms with Crippen LogP contribution in [0, 0.1) is 0 Å². The number of nitrogens with two attached hydrogens (primary N) is 1. The first-order chi connectivity index (χ1) is 10.3. The smallest absolute Gasteiger partial charge is 0.320 e. The van der Waals surface area contributed by atoms with Crippen molar-refractivity contribution in [3.63, 3.8) is 0 Å². The van der Waals surface area contributed by atoms with Crippen molar-refractivity contribution < 1.29 is 18.3 Å². The number of benzene rings is 1. The fraction of sp³-hybridized carbons (Fsp3) is 0.500. The van der Waals surface area contributed by atoms with Gasteiger partial charge in [-0.1, -0.05) is 18.6 Å². The molecule has 1 atom stereocenters. The summed E-state index contributed by atoms with van der Waals surface area (Å²) in [6.07, 6.45) is 2.33. The van der Waals surface area contributed by atoms with Gasteiger partial charge in [0.05, 0.1) is 5.75 Å². The quantitative estimate of drug-likeness (QED) is 0.441. The average Bonchev–Trinajstić information content (AvgIpc) is 2.45. The van der Waals surface area contributed by atoms with E-state index in [4.69, 9.17) is 22.4 Å². The standard InChI is InChI=1S/C14H21ClN2O4S/c15-8-2-1-3-9-22(20,21)17-12-6-4-11(5-7-12)10-13(16)14(18)19/h4-7,13,17H,1-3,8-10,16H2,(H,18,19). The highest BCUT2D eigenvalue weighted by Gasteiger charge is 2.13. The fourth-order valence-corrected chi connectivity index (χ4v) is 3.21. The van der Waals surface area contributed by atoms with Crippen molar-refractivity contribution >= 4 is 33.3 Å². The van der Waals surface area contributed by atoms with Crippen LogP contribution in [-0.4, -0.2) is 37.2 Å². The van der Waals surface area contributed by atoms with Crippen LogP contribution in [0.15, 0.2) is 24.3 Å². The zero-order valence-corrected chi connectivity index (χ0v) is 13.7. The van der Waals surface area contributed by atoms with E-state index >= 15 is 0 Å². The molecule has 0 saturated heterocycles. The van der Waals surface area contributed by atoms with Gasteiger partial charge in [-0.15, -0.1) is 11.6 Å². The summed E-state index contributed by atoms with van der Waals surface area (Å²) in [6, 6.07) is 5.55. The highest BCUT2D eigenvalue weighted by molar-refractivity contribution is 7.92. The van der Waals surface area contributed by atoms with Crippen molar-refractivity contribution in [3.8, 4) is 0 Å². The first kappa shape index (κ1) is 18.7. The Morgan fingerprint density at radius 3 is 2.41 bits per heavy atom. The monoisotopic (exact) mass is 348 g/mol. The van der Waals surface area contributed by atoms with Crippen LogP contribution in [0.1, 0.15) is 24.8 Å². The van der Waals surface area contributed by atoms with E-state index in [9.17, 15) is 13.2 Å². The third-order valence-electron chi connectivity index (χ3n) is 3.05. The minimum absolute atomic E-state index is 0.0511. The Labute approximate surface area is 135 Å². The van der Waals surface area contributed by atoms with Gasteiger partial charge in [-0.05, 0) is 37.0 Å². The lowest BCUT2D eigenvalue weighted by Gasteiger charge is -2.10. The predicted molar refractivity (Wildman–Crippen MR) is 87.7 cm³/mol. The topological polar surface area (TPSA) is 109 Å². The van der Waals surface area contributed by atoms with Crippen molar-refractivity contribution in [3.05, 3.63) is 29.8 Å². The molecule has 0 aromatic heterocycles. The van der Waals surface area contributed by atoms with Crippen molar-refractivity contribution in [2.45, 2.75) is 31.7 Å². The first-order valence-corrected chi connectivity index (χ1v) is 9.16. The molecule has 0 saturated carbocycles. The van der Waals surface area contributed by atoms with E-state index in [1.54, 1.807) is 24.3 Å². The molecule has 1 aromatic carbocycles. The van der Waals surface area contributed by atoms with Gasteiger partial charge in [0, 0.05) is 11.6 Å². The number of carboxylic acid groups (broad SMARTS) is 1. The summed E-state index contributed by atoms with van der Waals surface area (Å²) in [6.45, 7) is 0. The summed E-state index contributed by atoms with van der Waals surface area (Å²) in [7, 11) is -3.38. The first-order valence-electron chi connectivity index (χ1n) is 6.98. The van der Waals surface area contributed by atoms with Crippen LogP contribution < -0.4 is 10.5 Å². The molecule has 0 spiro atoms. The third kappa shape index (κ3) is 7.11. The molecule has 8 heteroatoms. The number of sulfonamides is 1. The van der Waals surface area contributed by atoms with Gasteiger partial charge in [-0.2, -0.15) is 0 Å². The van der Waals surface area contributed by atoms with Gasteiger partial charge in [0.2, 0.25) is 10.0 Å². The number of carbonyl (C=O) groups is 1. The molecular formula is C14H21ClN2O4S. The molecule has 0 amide bonds. The molecule has 0 aliphatic rings. The normalized spacial score (nSPS) is 12.8. The Morgan fingerprint density at radius 2 is 1.86 bits per heavy atom. The molecule has 0 fully saturated rings. The maximum atomic E-state index is 11.9. The zero-order chi connectivity index (χ0) is 16.6. The summed E-state index contributed by atoms with van der Waals surface area (Å²) in [5, 5.41) is 8.75. The van der Waals surface area contributed by atoms with E-state index in [1.165, 1.54) is 0 Å². The molecular weight excluding hydrogens is 328 g/mol. The Hall–Kier alpha value is -1.31. The maximum Gasteiger partial charge on any atom is 0.320 e. The molecule has 6 nitrogen and oxygen atoms in total. The Kier molecular flexibility index (Phi) is 7.64. The van der Waals surface area contributed by atoms with Crippen LogP contribution in [-0.2, 0) is 21.2 Å². The summed E-state index contributed by atoms with van der Waals surface area (Å²) in [5.74, 6) is -0.482. The van der Waals surface area contributed by atoms with Crippen LogP contribution in [0.2, 0.25) is 0 Å². The Morgan fingerprint density at radius 1 is 1.23 bits per heavy atom. The molecule has 0 bridgehead atoms. The summed E-state index contributed by atoms with van der Waals surface area (Å²) in [4.78, 5) is 10.7. The molecule has 0 heterocycles. The number of anilines is 1. The van der Waals surface area contributed by atoms with Gasteiger partial charge in [0.25, 0.3) is 0 Å². The molecule has 1 rings (SSSR count). The summed E-state index contributed by atoms with van der Waals surface area (Å²) < 4.78 is 26.2. The average molecular weight is 349 g/mol. The molecule has 1 aromatic rings. The number of nitrogens with one attached hydrogen (secondary N) is 1. The molecule has 124 valence electrons. The molecule has 1 unspecified atom stereocenters. The highest BCUT2D eigenvalue weighted by atomic mass is 35.5. The summed E-state index contributed by atoms with van der Waals surface area (Å²) in [5.41, 5.74) is 6.63. The lowest BCUT2D eigenvalue weighted by Crippen LogP contribution is -2.32. The number of hydrogen-bond donors (Lipinski definition) is 3. The minimum atomic E-state index is -3.38. The van der Waals surface area contributed by atoms with Crippen molar-refractivity contribution in [2.24, 2.45) is 5.73 Å². The Bertz CT molecular complexity index is 575. The van der Waals surface area contributed by atoms with E-state index in [1.807, 2.05) is 0 Å². The van der Waals surface area contributed by atoms with E-state index < -0.39 is 22.0 Å². The van der Waals surface area contributed by atoms with Gasteiger partial charge >= 0.3 is 5.97 Å². The summed E-state index contributed by atoms with van der Waals surface area (Å²) >= 11 is 5.54. The van der Waals surface area contributed by atoms with Crippen LogP contribution in [0.3, 0.4) is 0 Å². The second kappa shape index (κ2) is 8.97. The van der Waals surface area contributed by atoms with Crippen LogP contribution in [0.5, 0.6) is 0 Å². The number of alkyl halides is 1. The van der Waals surface area contributed by atoms with Gasteiger partial charge in [0.1, 0.15) is 6.04 Å². The van der Waals surface area contributed by atoms with Gasteiger partial charge in [-0.3, -0.25) is 9.52 Å². The molecule has 0 aliphatic carbocycles. The SMILES string of the molecule is NC(Cc1ccc(NS(=O)(=O)CCCCCCl)cc1)C(=O)O. The number of halogens is 1. The van der Waals surface area contributed by atoms with E-state index in [0.717, 1.165) is 18.4 Å². The molecule has 0 radical (unpaired) electrons. The minimum Gasteiger partial charge on any atom is -0.480 e. The van der Waals surface area contributed by atoms with Crippen molar-refractivity contribution in [2.75, 3.05) is 16.4 Å². The largest absolute Gasteiger partial charge is 0.480 e. The zero-order valence-electron chi connectivity index (χ0n) is 12.2. The Balaban J connectivity index is 2.54. The lowest BCUT2D eigenvalue weighted by atomic mass is 10.1. The number of rotatable bonds is 10. The van der Waals surface area contributed by atoms with E-state index in [-0.39, 0.29) is 12.2 Å². The van der Waals surface area contributed by atoms with Crippen LogP contribution >= 0.6 is 11.6 Å². The van der Waals surface area contributed by atoms with Crippen molar-refractivity contribution in [1.82, 2.24) is 0 Å². The highest BCUT2D eigenvalue weighted by Crippen LogP contribution is 2.13. The third-order valence-corrected chi connectivity index (χ3v) is 4.69. The molecule has 0 aliphatic heterocycles. The number of aliphatic carboxylic acids is 1. The van der Waals surface area contributed by atoms with Crippen LogP contribution in [0.4, 0.5) is 5.69 Å².